The molecule has 2 aromatic rings. The topological polar surface area (TPSA) is 54.9 Å². The molecule has 0 spiro atoms. The first-order valence-corrected chi connectivity index (χ1v) is 10.7. The van der Waals surface area contributed by atoms with Crippen molar-refractivity contribution >= 4 is 5.96 Å². The molecule has 0 unspecified atom stereocenters. The van der Waals surface area contributed by atoms with E-state index < -0.39 is 0 Å². The molecule has 1 aliphatic rings. The second-order valence-corrected chi connectivity index (χ2v) is 7.49. The number of rotatable bonds is 8. The minimum atomic E-state index is -0.229. The number of guanidine groups is 1. The van der Waals surface area contributed by atoms with Gasteiger partial charge in [-0.1, -0.05) is 30.3 Å². The zero-order valence-corrected chi connectivity index (χ0v) is 17.9. The Balaban J connectivity index is 1.74. The number of hydrogen-bond acceptors (Lipinski definition) is 3. The first-order chi connectivity index (χ1) is 14.7. The van der Waals surface area contributed by atoms with Crippen molar-refractivity contribution < 1.29 is 13.9 Å². The van der Waals surface area contributed by atoms with E-state index >= 15 is 0 Å². The van der Waals surface area contributed by atoms with Crippen LogP contribution in [0, 0.1) is 5.82 Å². The van der Waals surface area contributed by atoms with Crippen LogP contribution < -0.4 is 15.4 Å². The van der Waals surface area contributed by atoms with Crippen molar-refractivity contribution in [3.8, 4) is 5.75 Å². The molecule has 162 valence electrons. The Bertz CT molecular complexity index is 817. The van der Waals surface area contributed by atoms with Crippen LogP contribution in [0.1, 0.15) is 37.8 Å². The molecule has 2 aromatic carbocycles. The second kappa shape index (κ2) is 11.0. The molecule has 5 nitrogen and oxygen atoms in total. The fraction of sp³-hybridized carbons (Fsp3) is 0.458. The summed E-state index contributed by atoms with van der Waals surface area (Å²) in [4.78, 5) is 4.60. The molecule has 30 heavy (non-hydrogen) atoms. The van der Waals surface area contributed by atoms with Gasteiger partial charge in [-0.25, -0.2) is 9.38 Å². The van der Waals surface area contributed by atoms with Crippen molar-refractivity contribution in [1.82, 2.24) is 10.6 Å². The van der Waals surface area contributed by atoms with E-state index in [4.69, 9.17) is 9.47 Å². The van der Waals surface area contributed by atoms with Gasteiger partial charge in [0.15, 0.2) is 5.96 Å². The van der Waals surface area contributed by atoms with Crippen molar-refractivity contribution in [3.05, 3.63) is 65.5 Å². The third-order valence-corrected chi connectivity index (χ3v) is 5.53. The van der Waals surface area contributed by atoms with Crippen LogP contribution in [-0.4, -0.2) is 38.9 Å². The van der Waals surface area contributed by atoms with Gasteiger partial charge in [-0.15, -0.1) is 0 Å². The predicted octanol–water partition coefficient (Wildman–Crippen LogP) is 4.03. The summed E-state index contributed by atoms with van der Waals surface area (Å²) >= 11 is 0. The molecular formula is C24H32FN3O2. The predicted molar refractivity (Wildman–Crippen MR) is 119 cm³/mol. The summed E-state index contributed by atoms with van der Waals surface area (Å²) in [5.74, 6) is 1.35. The zero-order valence-electron chi connectivity index (χ0n) is 17.9. The lowest BCUT2D eigenvalue weighted by Gasteiger charge is -2.38. The number of nitrogens with zero attached hydrogens (tertiary/aromatic N) is 1. The van der Waals surface area contributed by atoms with Gasteiger partial charge >= 0.3 is 0 Å². The van der Waals surface area contributed by atoms with Crippen LogP contribution in [-0.2, 0) is 16.7 Å². The number of nitrogens with one attached hydrogen (secondary N) is 2. The van der Waals surface area contributed by atoms with Gasteiger partial charge in [0.1, 0.15) is 11.6 Å². The third-order valence-electron chi connectivity index (χ3n) is 5.53. The number of benzene rings is 2. The standard InChI is InChI=1S/C24H32FN3O2/c1-3-26-23(27-17-19-7-5-6-8-22(19)25)28-18-24(13-15-29-16-14-24)20-9-11-21(12-10-20)30-4-2/h5-12H,3-4,13-18H2,1-2H3,(H2,26,27,28). The summed E-state index contributed by atoms with van der Waals surface area (Å²) in [6.07, 6.45) is 1.86. The van der Waals surface area contributed by atoms with Gasteiger partial charge < -0.3 is 20.1 Å². The van der Waals surface area contributed by atoms with Gasteiger partial charge in [-0.2, -0.15) is 0 Å². The van der Waals surface area contributed by atoms with E-state index in [2.05, 4.69) is 27.8 Å². The average Bonchev–Trinajstić information content (AvgIpc) is 2.78. The van der Waals surface area contributed by atoms with E-state index in [0.717, 1.165) is 44.9 Å². The maximum atomic E-state index is 13.9. The summed E-state index contributed by atoms with van der Waals surface area (Å²) in [5.41, 5.74) is 1.81. The van der Waals surface area contributed by atoms with Crippen molar-refractivity contribution in [2.45, 2.75) is 38.6 Å². The summed E-state index contributed by atoms with van der Waals surface area (Å²) in [5, 5.41) is 6.76. The molecule has 6 heteroatoms. The van der Waals surface area contributed by atoms with E-state index in [1.165, 1.54) is 11.6 Å². The Morgan fingerprint density at radius 3 is 2.47 bits per heavy atom. The lowest BCUT2D eigenvalue weighted by molar-refractivity contribution is 0.0513. The SMILES string of the molecule is CCNC(=NCc1ccccc1F)NCC1(c2ccc(OCC)cc2)CCOCC1. The Labute approximate surface area is 178 Å². The third kappa shape index (κ3) is 5.72. The Kier molecular flexibility index (Phi) is 8.08. The van der Waals surface area contributed by atoms with Crippen LogP contribution in [0.25, 0.3) is 0 Å². The highest BCUT2D eigenvalue weighted by molar-refractivity contribution is 5.79. The van der Waals surface area contributed by atoms with Crippen LogP contribution in [0.4, 0.5) is 4.39 Å². The van der Waals surface area contributed by atoms with E-state index in [9.17, 15) is 4.39 Å². The van der Waals surface area contributed by atoms with E-state index in [-0.39, 0.29) is 11.2 Å². The van der Waals surface area contributed by atoms with Crippen LogP contribution in [0.15, 0.2) is 53.5 Å². The quantitative estimate of drug-likeness (QED) is 0.507. The molecule has 0 amide bonds. The number of ether oxygens (including phenoxy) is 2. The van der Waals surface area contributed by atoms with E-state index in [0.29, 0.717) is 24.7 Å². The number of hydrogen-bond donors (Lipinski definition) is 2. The van der Waals surface area contributed by atoms with Crippen LogP contribution in [0.5, 0.6) is 5.75 Å². The van der Waals surface area contributed by atoms with Gasteiger partial charge in [0.25, 0.3) is 0 Å². The Morgan fingerprint density at radius 1 is 1.07 bits per heavy atom. The summed E-state index contributed by atoms with van der Waals surface area (Å²) < 4.78 is 25.2. The van der Waals surface area contributed by atoms with Gasteiger partial charge in [0, 0.05) is 37.3 Å². The Hall–Kier alpha value is -2.60. The number of aliphatic imine (C=N–C) groups is 1. The summed E-state index contributed by atoms with van der Waals surface area (Å²) in [6, 6.07) is 15.1. The van der Waals surface area contributed by atoms with Gasteiger partial charge in [-0.05, 0) is 50.5 Å². The molecule has 0 aromatic heterocycles. The Morgan fingerprint density at radius 2 is 1.80 bits per heavy atom. The maximum Gasteiger partial charge on any atom is 0.191 e. The van der Waals surface area contributed by atoms with Crippen molar-refractivity contribution in [2.24, 2.45) is 4.99 Å². The highest BCUT2D eigenvalue weighted by atomic mass is 19.1. The molecule has 3 rings (SSSR count). The first-order valence-electron chi connectivity index (χ1n) is 10.7. The normalized spacial score (nSPS) is 16.2. The molecule has 1 fully saturated rings. The van der Waals surface area contributed by atoms with Crippen LogP contribution in [0.2, 0.25) is 0 Å². The molecule has 1 heterocycles. The second-order valence-electron chi connectivity index (χ2n) is 7.49. The van der Waals surface area contributed by atoms with Crippen molar-refractivity contribution in [2.75, 3.05) is 32.9 Å². The molecule has 0 aliphatic carbocycles. The largest absolute Gasteiger partial charge is 0.494 e. The highest BCUT2D eigenvalue weighted by Crippen LogP contribution is 2.35. The fourth-order valence-corrected chi connectivity index (χ4v) is 3.79. The lowest BCUT2D eigenvalue weighted by atomic mass is 9.74. The molecule has 0 saturated carbocycles. The fourth-order valence-electron chi connectivity index (χ4n) is 3.79. The molecule has 1 aliphatic heterocycles. The summed E-state index contributed by atoms with van der Waals surface area (Å²) in [7, 11) is 0. The molecule has 2 N–H and O–H groups in total. The minimum Gasteiger partial charge on any atom is -0.494 e. The first kappa shape index (κ1) is 22.1. The zero-order chi connectivity index (χ0) is 21.2. The van der Waals surface area contributed by atoms with Crippen molar-refractivity contribution in [3.63, 3.8) is 0 Å². The summed E-state index contributed by atoms with van der Waals surface area (Å²) in [6.45, 7) is 7.90. The highest BCUT2D eigenvalue weighted by Gasteiger charge is 2.34. The van der Waals surface area contributed by atoms with Crippen LogP contribution >= 0.6 is 0 Å². The van der Waals surface area contributed by atoms with Crippen molar-refractivity contribution in [1.29, 1.82) is 0 Å². The van der Waals surface area contributed by atoms with Gasteiger partial charge in [0.05, 0.1) is 13.2 Å². The minimum absolute atomic E-state index is 0.0445. The molecular weight excluding hydrogens is 381 g/mol. The smallest absolute Gasteiger partial charge is 0.191 e. The molecule has 0 bridgehead atoms. The number of halogens is 1. The maximum absolute atomic E-state index is 13.9. The average molecular weight is 414 g/mol. The molecule has 0 atom stereocenters. The van der Waals surface area contributed by atoms with E-state index in [1.807, 2.05) is 32.0 Å². The monoisotopic (exact) mass is 413 g/mol. The molecule has 0 radical (unpaired) electrons. The van der Waals surface area contributed by atoms with Gasteiger partial charge in [-0.3, -0.25) is 0 Å². The van der Waals surface area contributed by atoms with Gasteiger partial charge in [0.2, 0.25) is 0 Å². The van der Waals surface area contributed by atoms with E-state index in [1.54, 1.807) is 12.1 Å². The molecule has 1 saturated heterocycles. The lowest BCUT2D eigenvalue weighted by Crippen LogP contribution is -2.48. The van der Waals surface area contributed by atoms with Crippen LogP contribution in [0.3, 0.4) is 0 Å².